The fraction of sp³-hybridized carbons (Fsp3) is 0.588. The van der Waals surface area contributed by atoms with Crippen molar-refractivity contribution in [1.82, 2.24) is 9.21 Å². The summed E-state index contributed by atoms with van der Waals surface area (Å²) in [5.74, 6) is -1.11. The van der Waals surface area contributed by atoms with Gasteiger partial charge in [0.15, 0.2) is 0 Å². The Balaban J connectivity index is 1.84. The van der Waals surface area contributed by atoms with Crippen molar-refractivity contribution in [2.45, 2.75) is 43.2 Å². The first kappa shape index (κ1) is 18.3. The highest BCUT2D eigenvalue weighted by Crippen LogP contribution is 2.32. The summed E-state index contributed by atoms with van der Waals surface area (Å²) in [6, 6.07) is 3.50. The second kappa shape index (κ2) is 6.64. The van der Waals surface area contributed by atoms with Gasteiger partial charge < -0.3 is 4.90 Å². The molecule has 5 nitrogen and oxygen atoms in total. The number of benzene rings is 1. The Morgan fingerprint density at radius 3 is 2.48 bits per heavy atom. The Kier molecular flexibility index (Phi) is 4.85. The standard InChI is InChI=1S/C17H22F2N2O3S/c1-13-11-14(5-6-15(13)18)25(23,24)21-10-4-7-17(19,12-21)16(22)20-8-2-3-9-20/h5-6,11H,2-4,7-10,12H2,1H3. The smallest absolute Gasteiger partial charge is 0.261 e. The van der Waals surface area contributed by atoms with Crippen LogP contribution in [0.2, 0.25) is 0 Å². The lowest BCUT2D eigenvalue weighted by molar-refractivity contribution is -0.145. The molecule has 0 aliphatic carbocycles. The van der Waals surface area contributed by atoms with E-state index in [0.29, 0.717) is 13.1 Å². The molecule has 1 amide bonds. The first-order valence-electron chi connectivity index (χ1n) is 8.49. The maximum Gasteiger partial charge on any atom is 0.261 e. The van der Waals surface area contributed by atoms with E-state index < -0.39 is 34.0 Å². The number of amides is 1. The largest absolute Gasteiger partial charge is 0.340 e. The molecule has 0 saturated carbocycles. The van der Waals surface area contributed by atoms with E-state index in [1.54, 1.807) is 0 Å². The Hall–Kier alpha value is -1.54. The Bertz CT molecular complexity index is 778. The molecule has 1 aromatic carbocycles. The zero-order chi connectivity index (χ0) is 18.2. The Labute approximate surface area is 146 Å². The van der Waals surface area contributed by atoms with Crippen LogP contribution in [0.3, 0.4) is 0 Å². The number of alkyl halides is 1. The highest BCUT2D eigenvalue weighted by molar-refractivity contribution is 7.89. The van der Waals surface area contributed by atoms with Crippen LogP contribution in [0.5, 0.6) is 0 Å². The van der Waals surface area contributed by atoms with Gasteiger partial charge in [-0.1, -0.05) is 0 Å². The van der Waals surface area contributed by atoms with E-state index in [9.17, 15) is 17.6 Å². The number of hydrogen-bond donors (Lipinski definition) is 0. The van der Waals surface area contributed by atoms with Gasteiger partial charge in [-0.05, 0) is 56.4 Å². The highest BCUT2D eigenvalue weighted by atomic mass is 32.2. The molecule has 2 saturated heterocycles. The number of carbonyl (C=O) groups is 1. The van der Waals surface area contributed by atoms with Gasteiger partial charge >= 0.3 is 0 Å². The first-order valence-corrected chi connectivity index (χ1v) is 9.93. The van der Waals surface area contributed by atoms with Crippen molar-refractivity contribution in [3.63, 3.8) is 0 Å². The molecule has 138 valence electrons. The minimum atomic E-state index is -3.97. The second-order valence-electron chi connectivity index (χ2n) is 6.82. The lowest BCUT2D eigenvalue weighted by atomic mass is 9.94. The molecule has 8 heteroatoms. The summed E-state index contributed by atoms with van der Waals surface area (Å²) in [6.07, 6.45) is 1.99. The van der Waals surface area contributed by atoms with Crippen LogP contribution in [-0.4, -0.2) is 55.4 Å². The van der Waals surface area contributed by atoms with Gasteiger partial charge in [0.25, 0.3) is 5.91 Å². The quantitative estimate of drug-likeness (QED) is 0.818. The summed E-state index contributed by atoms with van der Waals surface area (Å²) in [6.45, 7) is 2.18. The number of sulfonamides is 1. The van der Waals surface area contributed by atoms with Crippen LogP contribution in [-0.2, 0) is 14.8 Å². The van der Waals surface area contributed by atoms with Crippen molar-refractivity contribution in [3.05, 3.63) is 29.6 Å². The molecule has 2 heterocycles. The number of nitrogens with zero attached hydrogens (tertiary/aromatic N) is 2. The summed E-state index contributed by atoms with van der Waals surface area (Å²) in [5, 5.41) is 0. The summed E-state index contributed by atoms with van der Waals surface area (Å²) in [7, 11) is -3.97. The number of carbonyl (C=O) groups excluding carboxylic acids is 1. The molecular formula is C17H22F2N2O3S. The van der Waals surface area contributed by atoms with Crippen LogP contribution in [0.25, 0.3) is 0 Å². The summed E-state index contributed by atoms with van der Waals surface area (Å²) in [5.41, 5.74) is -1.98. The van der Waals surface area contributed by atoms with Crippen molar-refractivity contribution < 1.29 is 22.0 Å². The zero-order valence-corrected chi connectivity index (χ0v) is 15.0. The number of piperidine rings is 1. The maximum absolute atomic E-state index is 15.3. The van der Waals surface area contributed by atoms with Crippen LogP contribution in [0, 0.1) is 12.7 Å². The van der Waals surface area contributed by atoms with Crippen LogP contribution in [0.15, 0.2) is 23.1 Å². The zero-order valence-electron chi connectivity index (χ0n) is 14.2. The average molecular weight is 372 g/mol. The third-order valence-electron chi connectivity index (χ3n) is 4.95. The van der Waals surface area contributed by atoms with Crippen LogP contribution in [0.4, 0.5) is 8.78 Å². The van der Waals surface area contributed by atoms with Crippen LogP contribution in [0.1, 0.15) is 31.2 Å². The summed E-state index contributed by atoms with van der Waals surface area (Å²) >= 11 is 0. The van der Waals surface area contributed by atoms with E-state index in [4.69, 9.17) is 0 Å². The average Bonchev–Trinajstić information content (AvgIpc) is 3.11. The minimum absolute atomic E-state index is 0.0246. The number of aryl methyl sites for hydroxylation is 1. The van der Waals surface area contributed by atoms with E-state index >= 15 is 4.39 Å². The molecule has 0 spiro atoms. The molecule has 25 heavy (non-hydrogen) atoms. The van der Waals surface area contributed by atoms with Gasteiger partial charge in [-0.3, -0.25) is 4.79 Å². The predicted octanol–water partition coefficient (Wildman–Crippen LogP) is 2.25. The molecular weight excluding hydrogens is 350 g/mol. The van der Waals surface area contributed by atoms with E-state index in [-0.39, 0.29) is 29.8 Å². The molecule has 2 fully saturated rings. The Morgan fingerprint density at radius 2 is 1.84 bits per heavy atom. The number of halogens is 2. The monoisotopic (exact) mass is 372 g/mol. The molecule has 2 aliphatic heterocycles. The molecule has 1 aromatic rings. The molecule has 0 radical (unpaired) electrons. The summed E-state index contributed by atoms with van der Waals surface area (Å²) in [4.78, 5) is 13.9. The first-order chi connectivity index (χ1) is 11.7. The Morgan fingerprint density at radius 1 is 1.16 bits per heavy atom. The fourth-order valence-electron chi connectivity index (χ4n) is 3.48. The van der Waals surface area contributed by atoms with Crippen molar-refractivity contribution in [2.24, 2.45) is 0 Å². The maximum atomic E-state index is 15.3. The van der Waals surface area contributed by atoms with Gasteiger partial charge in [0.05, 0.1) is 11.4 Å². The molecule has 3 rings (SSSR count). The third kappa shape index (κ3) is 3.42. The second-order valence-corrected chi connectivity index (χ2v) is 8.76. The lowest BCUT2D eigenvalue weighted by Crippen LogP contribution is -2.56. The molecule has 0 N–H and O–H groups in total. The topological polar surface area (TPSA) is 57.7 Å². The molecule has 0 bridgehead atoms. The SMILES string of the molecule is Cc1cc(S(=O)(=O)N2CCCC(F)(C(=O)N3CCCC3)C2)ccc1F. The van der Waals surface area contributed by atoms with Gasteiger partial charge in [-0.15, -0.1) is 0 Å². The summed E-state index contributed by atoms with van der Waals surface area (Å²) < 4.78 is 55.3. The molecule has 2 aliphatic rings. The van der Waals surface area contributed by atoms with E-state index in [0.717, 1.165) is 23.2 Å². The molecule has 0 aromatic heterocycles. The lowest BCUT2D eigenvalue weighted by Gasteiger charge is -2.37. The molecule has 1 atom stereocenters. The third-order valence-corrected chi connectivity index (χ3v) is 6.79. The fourth-order valence-corrected chi connectivity index (χ4v) is 5.09. The van der Waals surface area contributed by atoms with Crippen LogP contribution >= 0.6 is 0 Å². The molecule has 1 unspecified atom stereocenters. The van der Waals surface area contributed by atoms with Gasteiger partial charge in [-0.25, -0.2) is 17.2 Å². The van der Waals surface area contributed by atoms with E-state index in [1.165, 1.54) is 24.0 Å². The highest BCUT2D eigenvalue weighted by Gasteiger charge is 2.48. The van der Waals surface area contributed by atoms with Crippen LogP contribution < -0.4 is 0 Å². The van der Waals surface area contributed by atoms with Crippen molar-refractivity contribution in [2.75, 3.05) is 26.2 Å². The van der Waals surface area contributed by atoms with Gasteiger partial charge in [0, 0.05) is 19.6 Å². The normalized spacial score (nSPS) is 25.3. The van der Waals surface area contributed by atoms with Crippen molar-refractivity contribution in [1.29, 1.82) is 0 Å². The number of likely N-dealkylation sites (tertiary alicyclic amines) is 1. The number of hydrogen-bond acceptors (Lipinski definition) is 3. The van der Waals surface area contributed by atoms with E-state index in [1.807, 2.05) is 0 Å². The van der Waals surface area contributed by atoms with Gasteiger partial charge in [0.2, 0.25) is 15.7 Å². The van der Waals surface area contributed by atoms with Crippen molar-refractivity contribution >= 4 is 15.9 Å². The number of rotatable bonds is 3. The van der Waals surface area contributed by atoms with E-state index in [2.05, 4.69) is 0 Å². The minimum Gasteiger partial charge on any atom is -0.340 e. The van der Waals surface area contributed by atoms with Gasteiger partial charge in [0.1, 0.15) is 5.82 Å². The predicted molar refractivity (Wildman–Crippen MR) is 88.8 cm³/mol. The van der Waals surface area contributed by atoms with Gasteiger partial charge in [-0.2, -0.15) is 4.31 Å². The van der Waals surface area contributed by atoms with Crippen molar-refractivity contribution in [3.8, 4) is 0 Å².